The predicted octanol–water partition coefficient (Wildman–Crippen LogP) is 1.82. The maximum atomic E-state index is 12.3. The molecule has 0 aromatic carbocycles. The van der Waals surface area contributed by atoms with Crippen LogP contribution in [0.2, 0.25) is 0 Å². The van der Waals surface area contributed by atoms with Crippen molar-refractivity contribution >= 4 is 10.2 Å². The summed E-state index contributed by atoms with van der Waals surface area (Å²) in [6.07, 6.45) is 1.79. The minimum Gasteiger partial charge on any atom is -0.316 e. The highest BCUT2D eigenvalue weighted by Crippen LogP contribution is 2.09. The first kappa shape index (κ1) is 19.8. The smallest absolute Gasteiger partial charge is 0.279 e. The van der Waals surface area contributed by atoms with Gasteiger partial charge in [0.2, 0.25) is 0 Å². The Morgan fingerprint density at radius 1 is 0.950 bits per heavy atom. The summed E-state index contributed by atoms with van der Waals surface area (Å²) in [7, 11) is -3.35. The van der Waals surface area contributed by atoms with E-state index in [1.165, 1.54) is 0 Å². The van der Waals surface area contributed by atoms with E-state index in [0.29, 0.717) is 38.0 Å². The Morgan fingerprint density at radius 2 is 1.45 bits per heavy atom. The SMILES string of the molecule is CCNCCNS(=O)(=O)N(CCC(C)C)CCC(C)C. The van der Waals surface area contributed by atoms with Gasteiger partial charge in [-0.15, -0.1) is 0 Å². The quantitative estimate of drug-likeness (QED) is 0.541. The number of nitrogens with zero attached hydrogens (tertiary/aromatic N) is 1. The van der Waals surface area contributed by atoms with Gasteiger partial charge < -0.3 is 5.32 Å². The molecular weight excluding hydrogens is 274 g/mol. The molecule has 20 heavy (non-hydrogen) atoms. The topological polar surface area (TPSA) is 61.4 Å². The molecule has 0 saturated heterocycles. The fourth-order valence-electron chi connectivity index (χ4n) is 1.69. The Hall–Kier alpha value is -0.170. The molecule has 0 rings (SSSR count). The van der Waals surface area contributed by atoms with Gasteiger partial charge in [0.05, 0.1) is 0 Å². The number of rotatable bonds is 12. The van der Waals surface area contributed by atoms with Gasteiger partial charge in [-0.3, -0.25) is 0 Å². The zero-order valence-corrected chi connectivity index (χ0v) is 14.6. The summed E-state index contributed by atoms with van der Waals surface area (Å²) in [5, 5.41) is 3.11. The lowest BCUT2D eigenvalue weighted by atomic mass is 10.1. The van der Waals surface area contributed by atoms with Crippen molar-refractivity contribution < 1.29 is 8.42 Å². The lowest BCUT2D eigenvalue weighted by Gasteiger charge is -2.24. The average Bonchev–Trinajstić information content (AvgIpc) is 2.33. The molecule has 0 atom stereocenters. The molecule has 0 saturated carbocycles. The summed E-state index contributed by atoms with van der Waals surface area (Å²) in [5.74, 6) is 1.02. The fraction of sp³-hybridized carbons (Fsp3) is 1.00. The second kappa shape index (κ2) is 10.5. The molecule has 0 bridgehead atoms. The van der Waals surface area contributed by atoms with Crippen LogP contribution in [0.25, 0.3) is 0 Å². The van der Waals surface area contributed by atoms with Gasteiger partial charge >= 0.3 is 0 Å². The number of likely N-dealkylation sites (N-methyl/N-ethyl adjacent to an activating group) is 1. The van der Waals surface area contributed by atoms with Crippen molar-refractivity contribution in [1.82, 2.24) is 14.3 Å². The average molecular weight is 308 g/mol. The number of hydrogen-bond donors (Lipinski definition) is 2. The van der Waals surface area contributed by atoms with Gasteiger partial charge in [0, 0.05) is 26.2 Å². The third-order valence-electron chi connectivity index (χ3n) is 3.09. The molecule has 0 heterocycles. The Morgan fingerprint density at radius 3 is 1.85 bits per heavy atom. The Kier molecular flexibility index (Phi) is 10.5. The third-order valence-corrected chi connectivity index (χ3v) is 4.70. The minimum atomic E-state index is -3.35. The second-order valence-corrected chi connectivity index (χ2v) is 7.77. The van der Waals surface area contributed by atoms with Crippen molar-refractivity contribution in [1.29, 1.82) is 0 Å². The normalized spacial score (nSPS) is 12.8. The van der Waals surface area contributed by atoms with Gasteiger partial charge in [-0.05, 0) is 31.2 Å². The van der Waals surface area contributed by atoms with Gasteiger partial charge in [0.25, 0.3) is 10.2 Å². The molecule has 122 valence electrons. The van der Waals surface area contributed by atoms with Crippen molar-refractivity contribution in [3.63, 3.8) is 0 Å². The fourth-order valence-corrected chi connectivity index (χ4v) is 2.93. The van der Waals surface area contributed by atoms with Crippen LogP contribution in [0.1, 0.15) is 47.5 Å². The molecule has 0 aliphatic rings. The summed E-state index contributed by atoms with van der Waals surface area (Å²) in [4.78, 5) is 0. The monoisotopic (exact) mass is 307 g/mol. The Labute approximate surface area is 125 Å². The first-order chi connectivity index (χ1) is 9.29. The van der Waals surface area contributed by atoms with Gasteiger partial charge in [0.15, 0.2) is 0 Å². The molecule has 0 aliphatic heterocycles. The largest absolute Gasteiger partial charge is 0.316 e. The van der Waals surface area contributed by atoms with Gasteiger partial charge in [-0.2, -0.15) is 12.7 Å². The van der Waals surface area contributed by atoms with Crippen LogP contribution in [0.5, 0.6) is 0 Å². The van der Waals surface area contributed by atoms with Crippen LogP contribution < -0.4 is 10.0 Å². The van der Waals surface area contributed by atoms with E-state index in [0.717, 1.165) is 19.4 Å². The van der Waals surface area contributed by atoms with E-state index in [1.807, 2.05) is 6.92 Å². The molecule has 0 fully saturated rings. The molecule has 2 N–H and O–H groups in total. The summed E-state index contributed by atoms with van der Waals surface area (Å²) < 4.78 is 28.9. The lowest BCUT2D eigenvalue weighted by molar-refractivity contribution is 0.352. The zero-order chi connectivity index (χ0) is 15.6. The van der Waals surface area contributed by atoms with E-state index in [2.05, 4.69) is 37.7 Å². The van der Waals surface area contributed by atoms with Crippen LogP contribution in [0.15, 0.2) is 0 Å². The lowest BCUT2D eigenvalue weighted by Crippen LogP contribution is -2.44. The molecule has 0 amide bonds. The summed E-state index contributed by atoms with van der Waals surface area (Å²) >= 11 is 0. The van der Waals surface area contributed by atoms with E-state index >= 15 is 0 Å². The minimum absolute atomic E-state index is 0.441. The van der Waals surface area contributed by atoms with E-state index in [9.17, 15) is 8.42 Å². The molecule has 0 spiro atoms. The van der Waals surface area contributed by atoms with Crippen LogP contribution >= 0.6 is 0 Å². The maximum absolute atomic E-state index is 12.3. The third kappa shape index (κ3) is 9.69. The second-order valence-electron chi connectivity index (χ2n) is 6.02. The highest BCUT2D eigenvalue weighted by atomic mass is 32.2. The zero-order valence-electron chi connectivity index (χ0n) is 13.8. The summed E-state index contributed by atoms with van der Waals surface area (Å²) in [6, 6.07) is 0. The van der Waals surface area contributed by atoms with Crippen LogP contribution in [-0.2, 0) is 10.2 Å². The standard InChI is InChI=1S/C14H33N3O2S/c1-6-15-9-10-16-20(18,19)17(11-7-13(2)3)12-8-14(4)5/h13-16H,6-12H2,1-5H3. The molecular formula is C14H33N3O2S. The molecule has 6 heteroatoms. The van der Waals surface area contributed by atoms with E-state index in [4.69, 9.17) is 0 Å². The van der Waals surface area contributed by atoms with E-state index < -0.39 is 10.2 Å². The molecule has 5 nitrogen and oxygen atoms in total. The summed E-state index contributed by atoms with van der Waals surface area (Å²) in [6.45, 7) is 13.6. The first-order valence-corrected chi connectivity index (χ1v) is 9.19. The number of hydrogen-bond acceptors (Lipinski definition) is 3. The molecule has 0 aromatic rings. The van der Waals surface area contributed by atoms with Crippen LogP contribution in [0, 0.1) is 11.8 Å². The van der Waals surface area contributed by atoms with E-state index in [-0.39, 0.29) is 0 Å². The van der Waals surface area contributed by atoms with Crippen molar-refractivity contribution in [2.75, 3.05) is 32.7 Å². The van der Waals surface area contributed by atoms with Gasteiger partial charge in [-0.1, -0.05) is 34.6 Å². The first-order valence-electron chi connectivity index (χ1n) is 7.75. The summed E-state index contributed by atoms with van der Waals surface area (Å²) in [5.41, 5.74) is 0. The van der Waals surface area contributed by atoms with Gasteiger partial charge in [-0.25, -0.2) is 4.72 Å². The van der Waals surface area contributed by atoms with E-state index in [1.54, 1.807) is 4.31 Å². The van der Waals surface area contributed by atoms with Crippen molar-refractivity contribution in [3.8, 4) is 0 Å². The van der Waals surface area contributed by atoms with Crippen molar-refractivity contribution in [2.24, 2.45) is 11.8 Å². The molecule has 0 aromatic heterocycles. The molecule has 0 aliphatic carbocycles. The van der Waals surface area contributed by atoms with Crippen molar-refractivity contribution in [2.45, 2.75) is 47.5 Å². The Bertz CT molecular complexity index is 317. The van der Waals surface area contributed by atoms with Crippen molar-refractivity contribution in [3.05, 3.63) is 0 Å². The van der Waals surface area contributed by atoms with Gasteiger partial charge in [0.1, 0.15) is 0 Å². The Balaban J connectivity index is 4.45. The highest BCUT2D eigenvalue weighted by molar-refractivity contribution is 7.87. The molecule has 0 radical (unpaired) electrons. The van der Waals surface area contributed by atoms with Crippen LogP contribution in [0.4, 0.5) is 0 Å². The highest BCUT2D eigenvalue weighted by Gasteiger charge is 2.21. The number of nitrogens with one attached hydrogen (secondary N) is 2. The van der Waals surface area contributed by atoms with Crippen LogP contribution in [0.3, 0.4) is 0 Å². The predicted molar refractivity (Wildman–Crippen MR) is 85.9 cm³/mol. The maximum Gasteiger partial charge on any atom is 0.279 e. The molecule has 0 unspecified atom stereocenters. The van der Waals surface area contributed by atoms with Crippen LogP contribution in [-0.4, -0.2) is 45.4 Å².